The lowest BCUT2D eigenvalue weighted by atomic mass is 9.96. The molecule has 0 N–H and O–H groups in total. The lowest BCUT2D eigenvalue weighted by molar-refractivity contribution is -0.0727. The minimum Gasteiger partial charge on any atom is -0.379 e. The molecule has 2 rings (SSSR count). The van der Waals surface area contributed by atoms with Gasteiger partial charge in [0.2, 0.25) is 0 Å². The molecule has 0 amide bonds. The molecule has 2 aliphatic rings. The van der Waals surface area contributed by atoms with Gasteiger partial charge in [-0.25, -0.2) is 0 Å². The van der Waals surface area contributed by atoms with Gasteiger partial charge < -0.3 is 14.4 Å². The fourth-order valence-corrected chi connectivity index (χ4v) is 2.88. The fourth-order valence-electron chi connectivity index (χ4n) is 2.88. The summed E-state index contributed by atoms with van der Waals surface area (Å²) in [7, 11) is 0. The molecule has 0 saturated carbocycles. The van der Waals surface area contributed by atoms with Crippen LogP contribution in [0.3, 0.4) is 0 Å². The molecule has 0 aromatic heterocycles. The number of nitrogens with zero attached hydrogens (tertiary/aromatic N) is 2. The first-order chi connectivity index (χ1) is 8.30. The first-order valence-corrected chi connectivity index (χ1v) is 6.93. The Balaban J connectivity index is 1.88. The van der Waals surface area contributed by atoms with Gasteiger partial charge in [-0.15, -0.1) is 0 Å². The van der Waals surface area contributed by atoms with E-state index in [0.717, 1.165) is 65.6 Å². The van der Waals surface area contributed by atoms with Gasteiger partial charge in [0, 0.05) is 26.2 Å². The number of hydrogen-bond donors (Lipinski definition) is 0. The summed E-state index contributed by atoms with van der Waals surface area (Å²) >= 11 is 0. The van der Waals surface area contributed by atoms with E-state index in [4.69, 9.17) is 9.47 Å². The molecule has 2 aliphatic heterocycles. The number of rotatable bonds is 5. The molecule has 17 heavy (non-hydrogen) atoms. The Labute approximate surface area is 105 Å². The molecule has 1 atom stereocenters. The number of likely N-dealkylation sites (N-methyl/N-ethyl adjacent to an activating group) is 1. The number of morpholine rings is 1. The summed E-state index contributed by atoms with van der Waals surface area (Å²) in [6.07, 6.45) is 1.13. The molecule has 4 nitrogen and oxygen atoms in total. The Morgan fingerprint density at radius 3 is 2.47 bits per heavy atom. The van der Waals surface area contributed by atoms with Gasteiger partial charge >= 0.3 is 0 Å². The minimum absolute atomic E-state index is 0.186. The van der Waals surface area contributed by atoms with Crippen molar-refractivity contribution in [3.8, 4) is 0 Å². The first-order valence-electron chi connectivity index (χ1n) is 6.93. The van der Waals surface area contributed by atoms with Gasteiger partial charge in [0.25, 0.3) is 0 Å². The highest BCUT2D eigenvalue weighted by Gasteiger charge is 2.42. The van der Waals surface area contributed by atoms with E-state index in [1.165, 1.54) is 0 Å². The number of ether oxygens (including phenoxy) is 2. The van der Waals surface area contributed by atoms with Crippen LogP contribution in [0.5, 0.6) is 0 Å². The van der Waals surface area contributed by atoms with Gasteiger partial charge in [-0.1, -0.05) is 13.8 Å². The standard InChI is InChI=1S/C13H26N2O2/c1-3-14(4-2)6-7-15-8-10-17-12-13(15)5-9-16-11-13/h3-12H2,1-2H3. The highest BCUT2D eigenvalue weighted by molar-refractivity contribution is 4.96. The molecule has 0 aromatic rings. The summed E-state index contributed by atoms with van der Waals surface area (Å²) in [6.45, 7) is 13.6. The third kappa shape index (κ3) is 2.99. The summed E-state index contributed by atoms with van der Waals surface area (Å²) in [5.41, 5.74) is 0.186. The van der Waals surface area contributed by atoms with E-state index >= 15 is 0 Å². The van der Waals surface area contributed by atoms with Crippen LogP contribution in [-0.2, 0) is 9.47 Å². The Morgan fingerprint density at radius 1 is 1.12 bits per heavy atom. The molecule has 2 saturated heterocycles. The zero-order valence-electron chi connectivity index (χ0n) is 11.3. The average molecular weight is 242 g/mol. The Kier molecular flexibility index (Phi) is 4.79. The Bertz CT molecular complexity index is 225. The average Bonchev–Trinajstić information content (AvgIpc) is 2.82. The lowest BCUT2D eigenvalue weighted by Gasteiger charge is -2.44. The highest BCUT2D eigenvalue weighted by Crippen LogP contribution is 2.28. The summed E-state index contributed by atoms with van der Waals surface area (Å²) < 4.78 is 11.3. The molecule has 2 heterocycles. The van der Waals surface area contributed by atoms with Crippen LogP contribution >= 0.6 is 0 Å². The predicted octanol–water partition coefficient (Wildman–Crippen LogP) is 0.819. The van der Waals surface area contributed by atoms with Crippen molar-refractivity contribution >= 4 is 0 Å². The second-order valence-corrected chi connectivity index (χ2v) is 5.09. The van der Waals surface area contributed by atoms with Gasteiger partial charge in [-0.05, 0) is 19.5 Å². The fraction of sp³-hybridized carbons (Fsp3) is 1.00. The third-order valence-electron chi connectivity index (χ3n) is 4.21. The molecular weight excluding hydrogens is 216 g/mol. The quantitative estimate of drug-likeness (QED) is 0.712. The van der Waals surface area contributed by atoms with Gasteiger partial charge in [0.05, 0.1) is 25.4 Å². The molecule has 4 heteroatoms. The second kappa shape index (κ2) is 6.14. The minimum atomic E-state index is 0.186. The second-order valence-electron chi connectivity index (χ2n) is 5.09. The largest absolute Gasteiger partial charge is 0.379 e. The summed E-state index contributed by atoms with van der Waals surface area (Å²) in [5, 5.41) is 0. The van der Waals surface area contributed by atoms with E-state index in [1.807, 2.05) is 0 Å². The van der Waals surface area contributed by atoms with Gasteiger partial charge in [0.1, 0.15) is 0 Å². The van der Waals surface area contributed by atoms with Crippen LogP contribution in [-0.4, -0.2) is 74.5 Å². The van der Waals surface area contributed by atoms with Crippen molar-refractivity contribution in [3.63, 3.8) is 0 Å². The zero-order valence-corrected chi connectivity index (χ0v) is 11.3. The van der Waals surface area contributed by atoms with Crippen LogP contribution in [0, 0.1) is 0 Å². The Hall–Kier alpha value is -0.160. The topological polar surface area (TPSA) is 24.9 Å². The van der Waals surface area contributed by atoms with Crippen LogP contribution in [0.2, 0.25) is 0 Å². The third-order valence-corrected chi connectivity index (χ3v) is 4.21. The summed E-state index contributed by atoms with van der Waals surface area (Å²) in [5.74, 6) is 0. The van der Waals surface area contributed by atoms with E-state index in [2.05, 4.69) is 23.6 Å². The molecule has 0 radical (unpaired) electrons. The van der Waals surface area contributed by atoms with Crippen molar-refractivity contribution in [1.29, 1.82) is 0 Å². The zero-order chi connectivity index (χ0) is 12.1. The van der Waals surface area contributed by atoms with Crippen LogP contribution in [0.4, 0.5) is 0 Å². The van der Waals surface area contributed by atoms with Gasteiger partial charge in [-0.3, -0.25) is 4.90 Å². The monoisotopic (exact) mass is 242 g/mol. The van der Waals surface area contributed by atoms with Crippen molar-refractivity contribution < 1.29 is 9.47 Å². The highest BCUT2D eigenvalue weighted by atomic mass is 16.5. The molecule has 2 fully saturated rings. The van der Waals surface area contributed by atoms with E-state index in [-0.39, 0.29) is 5.54 Å². The molecule has 1 unspecified atom stereocenters. The predicted molar refractivity (Wildman–Crippen MR) is 68.3 cm³/mol. The van der Waals surface area contributed by atoms with Crippen LogP contribution < -0.4 is 0 Å². The van der Waals surface area contributed by atoms with E-state index in [1.54, 1.807) is 0 Å². The normalized spacial score (nSPS) is 30.5. The van der Waals surface area contributed by atoms with Gasteiger partial charge in [0.15, 0.2) is 0 Å². The maximum atomic E-state index is 5.66. The lowest BCUT2D eigenvalue weighted by Crippen LogP contribution is -2.58. The number of hydrogen-bond acceptors (Lipinski definition) is 4. The van der Waals surface area contributed by atoms with Crippen molar-refractivity contribution in [2.24, 2.45) is 0 Å². The maximum absolute atomic E-state index is 5.66. The summed E-state index contributed by atoms with van der Waals surface area (Å²) in [6, 6.07) is 0. The van der Waals surface area contributed by atoms with Crippen LogP contribution in [0.1, 0.15) is 20.3 Å². The van der Waals surface area contributed by atoms with Crippen molar-refractivity contribution in [1.82, 2.24) is 9.80 Å². The molecule has 1 spiro atoms. The molecular formula is C13H26N2O2. The SMILES string of the molecule is CCN(CC)CCN1CCOCC12CCOC2. The van der Waals surface area contributed by atoms with Crippen LogP contribution in [0.15, 0.2) is 0 Å². The van der Waals surface area contributed by atoms with E-state index in [9.17, 15) is 0 Å². The molecule has 0 aliphatic carbocycles. The van der Waals surface area contributed by atoms with Crippen molar-refractivity contribution in [2.45, 2.75) is 25.8 Å². The van der Waals surface area contributed by atoms with E-state index in [0.29, 0.717) is 0 Å². The van der Waals surface area contributed by atoms with Gasteiger partial charge in [-0.2, -0.15) is 0 Å². The van der Waals surface area contributed by atoms with Crippen molar-refractivity contribution in [3.05, 3.63) is 0 Å². The van der Waals surface area contributed by atoms with Crippen molar-refractivity contribution in [2.75, 3.05) is 59.2 Å². The molecule has 0 bridgehead atoms. The van der Waals surface area contributed by atoms with Crippen LogP contribution in [0.25, 0.3) is 0 Å². The maximum Gasteiger partial charge on any atom is 0.0701 e. The smallest absolute Gasteiger partial charge is 0.0701 e. The first kappa shape index (κ1) is 13.3. The van der Waals surface area contributed by atoms with E-state index < -0.39 is 0 Å². The summed E-state index contributed by atoms with van der Waals surface area (Å²) in [4.78, 5) is 5.08. The molecule has 100 valence electrons. The Morgan fingerprint density at radius 2 is 1.82 bits per heavy atom. The molecule has 0 aromatic carbocycles.